The molecule has 6 heteroatoms. The Labute approximate surface area is 170 Å². The van der Waals surface area contributed by atoms with Gasteiger partial charge in [-0.05, 0) is 62.8 Å². The molecule has 2 aromatic heterocycles. The lowest BCUT2D eigenvalue weighted by atomic mass is 9.95. The molecule has 150 valence electrons. The number of carbonyl (C=O) groups excluding carboxylic acids is 1. The zero-order chi connectivity index (χ0) is 20.7. The number of carbonyl (C=O) groups is 1. The Morgan fingerprint density at radius 3 is 2.69 bits per heavy atom. The summed E-state index contributed by atoms with van der Waals surface area (Å²) in [6.45, 7) is 5.99. The third-order valence-corrected chi connectivity index (χ3v) is 5.47. The van der Waals surface area contributed by atoms with Crippen LogP contribution in [0.2, 0.25) is 0 Å². The van der Waals surface area contributed by atoms with Crippen LogP contribution in [0, 0.1) is 12.8 Å². The van der Waals surface area contributed by atoms with Gasteiger partial charge in [0.05, 0.1) is 11.7 Å². The highest BCUT2D eigenvalue weighted by molar-refractivity contribution is 5.98. The first-order valence-corrected chi connectivity index (χ1v) is 10.1. The standard InChI is InChI=1S/C23H26N4O2/c1-13(2)25-22-21-17(12-24-26-22)11-19(23(29)27(21)4)18-10-16(8-5-14(18)3)20(28)9-15-6-7-15/h5,8,10-13,15H,6-7,9H2,1-4H3,(H,25,26). The zero-order valence-electron chi connectivity index (χ0n) is 17.3. The van der Waals surface area contributed by atoms with E-state index < -0.39 is 0 Å². The molecule has 1 N–H and O–H groups in total. The van der Waals surface area contributed by atoms with Gasteiger partial charge in [0.2, 0.25) is 0 Å². The minimum Gasteiger partial charge on any atom is -0.365 e. The van der Waals surface area contributed by atoms with Crippen molar-refractivity contribution < 1.29 is 4.79 Å². The van der Waals surface area contributed by atoms with E-state index in [1.807, 2.05) is 45.0 Å². The normalized spacial score (nSPS) is 13.8. The molecule has 0 aliphatic heterocycles. The van der Waals surface area contributed by atoms with Crippen LogP contribution in [-0.2, 0) is 7.05 Å². The topological polar surface area (TPSA) is 76.9 Å². The lowest BCUT2D eigenvalue weighted by Crippen LogP contribution is -2.22. The number of benzene rings is 1. The summed E-state index contributed by atoms with van der Waals surface area (Å²) in [7, 11) is 1.75. The van der Waals surface area contributed by atoms with E-state index in [-0.39, 0.29) is 17.4 Å². The Balaban J connectivity index is 1.85. The Morgan fingerprint density at radius 2 is 2.00 bits per heavy atom. The van der Waals surface area contributed by atoms with Crippen molar-refractivity contribution in [2.75, 3.05) is 5.32 Å². The number of hydrogen-bond donors (Lipinski definition) is 1. The number of hydrogen-bond acceptors (Lipinski definition) is 5. The number of aryl methyl sites for hydroxylation is 2. The fourth-order valence-electron chi connectivity index (χ4n) is 3.70. The molecule has 29 heavy (non-hydrogen) atoms. The molecule has 0 spiro atoms. The van der Waals surface area contributed by atoms with Gasteiger partial charge < -0.3 is 9.88 Å². The minimum atomic E-state index is -0.118. The Morgan fingerprint density at radius 1 is 1.24 bits per heavy atom. The quantitative estimate of drug-likeness (QED) is 0.641. The van der Waals surface area contributed by atoms with Gasteiger partial charge in [-0.1, -0.05) is 12.1 Å². The summed E-state index contributed by atoms with van der Waals surface area (Å²) in [5.74, 6) is 1.28. The summed E-state index contributed by atoms with van der Waals surface area (Å²) in [4.78, 5) is 25.8. The first-order valence-electron chi connectivity index (χ1n) is 10.1. The van der Waals surface area contributed by atoms with Crippen LogP contribution in [0.3, 0.4) is 0 Å². The summed E-state index contributed by atoms with van der Waals surface area (Å²) in [6.07, 6.45) is 4.55. The van der Waals surface area contributed by atoms with Gasteiger partial charge in [-0.2, -0.15) is 5.10 Å². The lowest BCUT2D eigenvalue weighted by Gasteiger charge is -2.15. The summed E-state index contributed by atoms with van der Waals surface area (Å²) < 4.78 is 1.61. The van der Waals surface area contributed by atoms with Gasteiger partial charge in [-0.3, -0.25) is 9.59 Å². The second-order valence-corrected chi connectivity index (χ2v) is 8.32. The predicted molar refractivity (Wildman–Crippen MR) is 115 cm³/mol. The third kappa shape index (κ3) is 3.79. The van der Waals surface area contributed by atoms with E-state index in [0.717, 1.165) is 34.9 Å². The van der Waals surface area contributed by atoms with E-state index in [9.17, 15) is 9.59 Å². The molecule has 1 aliphatic carbocycles. The highest BCUT2D eigenvalue weighted by Gasteiger charge is 2.25. The largest absolute Gasteiger partial charge is 0.365 e. The minimum absolute atomic E-state index is 0.118. The molecule has 2 heterocycles. The van der Waals surface area contributed by atoms with Crippen LogP contribution in [0.5, 0.6) is 0 Å². The molecule has 1 fully saturated rings. The lowest BCUT2D eigenvalue weighted by molar-refractivity contribution is 0.0976. The van der Waals surface area contributed by atoms with Crippen LogP contribution in [0.4, 0.5) is 5.82 Å². The van der Waals surface area contributed by atoms with Crippen molar-refractivity contribution in [1.29, 1.82) is 0 Å². The molecule has 6 nitrogen and oxygen atoms in total. The van der Waals surface area contributed by atoms with Gasteiger partial charge in [0.15, 0.2) is 11.6 Å². The number of Topliss-reactive ketones (excluding diaryl/α,β-unsaturated/α-hetero) is 1. The summed E-state index contributed by atoms with van der Waals surface area (Å²) in [5, 5.41) is 12.4. The maximum atomic E-state index is 13.2. The molecule has 3 aromatic rings. The van der Waals surface area contributed by atoms with Crippen LogP contribution >= 0.6 is 0 Å². The number of nitrogens with zero attached hydrogens (tertiary/aromatic N) is 3. The van der Waals surface area contributed by atoms with E-state index in [2.05, 4.69) is 15.5 Å². The predicted octanol–water partition coefficient (Wildman–Crippen LogP) is 4.11. The van der Waals surface area contributed by atoms with Gasteiger partial charge in [0, 0.05) is 36.0 Å². The number of ketones is 1. The Bertz CT molecular complexity index is 1160. The van der Waals surface area contributed by atoms with Crippen LogP contribution in [0.25, 0.3) is 22.0 Å². The van der Waals surface area contributed by atoms with Gasteiger partial charge >= 0.3 is 0 Å². The average molecular weight is 390 g/mol. The van der Waals surface area contributed by atoms with E-state index in [4.69, 9.17) is 0 Å². The second kappa shape index (κ2) is 7.43. The number of fused-ring (bicyclic) bond motifs is 1. The zero-order valence-corrected chi connectivity index (χ0v) is 17.3. The number of anilines is 1. The van der Waals surface area contributed by atoms with Gasteiger partial charge in [-0.15, -0.1) is 5.10 Å². The molecule has 0 saturated heterocycles. The van der Waals surface area contributed by atoms with E-state index >= 15 is 0 Å². The average Bonchev–Trinajstić information content (AvgIpc) is 3.48. The summed E-state index contributed by atoms with van der Waals surface area (Å²) in [5.41, 5.74) is 3.61. The first kappa shape index (κ1) is 19.3. The van der Waals surface area contributed by atoms with Crippen molar-refractivity contribution in [1.82, 2.24) is 14.8 Å². The maximum absolute atomic E-state index is 13.2. The Kier molecular flexibility index (Phi) is 4.94. The Hall–Kier alpha value is -3.02. The van der Waals surface area contributed by atoms with Crippen LogP contribution < -0.4 is 10.9 Å². The smallest absolute Gasteiger partial charge is 0.258 e. The first-order chi connectivity index (χ1) is 13.8. The molecular weight excluding hydrogens is 364 g/mol. The van der Waals surface area contributed by atoms with E-state index in [1.54, 1.807) is 17.8 Å². The van der Waals surface area contributed by atoms with Crippen molar-refractivity contribution in [3.63, 3.8) is 0 Å². The number of nitrogens with one attached hydrogen (secondary N) is 1. The van der Waals surface area contributed by atoms with Crippen molar-refractivity contribution in [2.24, 2.45) is 13.0 Å². The maximum Gasteiger partial charge on any atom is 0.258 e. The van der Waals surface area contributed by atoms with Crippen molar-refractivity contribution in [3.05, 3.63) is 51.9 Å². The molecule has 0 radical (unpaired) electrons. The van der Waals surface area contributed by atoms with Crippen molar-refractivity contribution >= 4 is 22.5 Å². The van der Waals surface area contributed by atoms with Gasteiger partial charge in [0.1, 0.15) is 0 Å². The second-order valence-electron chi connectivity index (χ2n) is 8.32. The van der Waals surface area contributed by atoms with Gasteiger partial charge in [0.25, 0.3) is 5.56 Å². The molecule has 1 aromatic carbocycles. The van der Waals surface area contributed by atoms with Gasteiger partial charge in [-0.25, -0.2) is 0 Å². The monoisotopic (exact) mass is 390 g/mol. The van der Waals surface area contributed by atoms with Crippen molar-refractivity contribution in [2.45, 2.75) is 46.1 Å². The number of pyridine rings is 1. The summed E-state index contributed by atoms with van der Waals surface area (Å²) >= 11 is 0. The number of aromatic nitrogens is 3. The molecule has 1 saturated carbocycles. The van der Waals surface area contributed by atoms with E-state index in [0.29, 0.717) is 29.3 Å². The fourth-order valence-corrected chi connectivity index (χ4v) is 3.70. The van der Waals surface area contributed by atoms with Crippen molar-refractivity contribution in [3.8, 4) is 11.1 Å². The van der Waals surface area contributed by atoms with Crippen LogP contribution in [0.1, 0.15) is 49.0 Å². The van der Waals surface area contributed by atoms with Crippen LogP contribution in [0.15, 0.2) is 35.3 Å². The summed E-state index contributed by atoms with van der Waals surface area (Å²) in [6, 6.07) is 7.68. The molecule has 0 amide bonds. The third-order valence-electron chi connectivity index (χ3n) is 5.47. The molecular formula is C23H26N4O2. The molecule has 4 rings (SSSR count). The molecule has 1 aliphatic rings. The fraction of sp³-hybridized carbons (Fsp3) is 0.391. The highest BCUT2D eigenvalue weighted by Crippen LogP contribution is 2.34. The van der Waals surface area contributed by atoms with E-state index in [1.165, 1.54) is 0 Å². The highest BCUT2D eigenvalue weighted by atomic mass is 16.1. The number of rotatable bonds is 6. The SMILES string of the molecule is Cc1ccc(C(=O)CC2CC2)cc1-c1cc2cnnc(NC(C)C)c2n(C)c1=O. The van der Waals surface area contributed by atoms with Crippen LogP contribution in [-0.4, -0.2) is 26.6 Å². The molecule has 0 bridgehead atoms. The molecule has 0 unspecified atom stereocenters. The molecule has 0 atom stereocenters.